The molecule has 2 atom stereocenters. The second kappa shape index (κ2) is 13.1. The third-order valence-electron chi connectivity index (χ3n) is 2.76. The molecule has 126 valence electrons. The van der Waals surface area contributed by atoms with Crippen molar-refractivity contribution in [3.8, 4) is 5.75 Å². The van der Waals surface area contributed by atoms with Gasteiger partial charge < -0.3 is 24.4 Å². The van der Waals surface area contributed by atoms with Gasteiger partial charge in [-0.2, -0.15) is 0 Å². The van der Waals surface area contributed by atoms with Crippen LogP contribution in [0.2, 0.25) is 0 Å². The lowest BCUT2D eigenvalue weighted by Crippen LogP contribution is -2.24. The molecule has 2 unspecified atom stereocenters. The van der Waals surface area contributed by atoms with Gasteiger partial charge in [0.1, 0.15) is 5.75 Å². The number of benzene rings is 1. The Hall–Kier alpha value is -1.63. The van der Waals surface area contributed by atoms with E-state index in [0.29, 0.717) is 17.9 Å². The predicted molar refractivity (Wildman–Crippen MR) is 82.8 cm³/mol. The maximum absolute atomic E-state index is 10.1. The minimum atomic E-state index is -1.35. The number of aliphatic hydroxyl groups excluding tert-OH is 2. The molecule has 1 aromatic carbocycles. The van der Waals surface area contributed by atoms with Crippen molar-refractivity contribution in [3.05, 3.63) is 29.8 Å². The minimum absolute atomic E-state index is 0.155. The molecule has 0 aliphatic heterocycles. The number of hydrogen-bond donors (Lipinski definition) is 2. The lowest BCUT2D eigenvalue weighted by molar-refractivity contribution is -0.157. The summed E-state index contributed by atoms with van der Waals surface area (Å²) in [6.45, 7) is 7.96. The second-order valence-electron chi connectivity index (χ2n) is 4.20. The number of aliphatic hydroxyl groups is 2. The summed E-state index contributed by atoms with van der Waals surface area (Å²) >= 11 is 0. The van der Waals surface area contributed by atoms with Crippen molar-refractivity contribution in [2.75, 3.05) is 26.4 Å². The van der Waals surface area contributed by atoms with Crippen molar-refractivity contribution >= 4 is 6.47 Å². The highest BCUT2D eigenvalue weighted by atomic mass is 16.6. The zero-order chi connectivity index (χ0) is 16.8. The maximum Gasteiger partial charge on any atom is 0.295 e. The number of hydrogen-bond acceptors (Lipinski definition) is 6. The fourth-order valence-corrected chi connectivity index (χ4v) is 1.69. The Morgan fingerprint density at radius 2 is 1.68 bits per heavy atom. The summed E-state index contributed by atoms with van der Waals surface area (Å²) in [5.41, 5.74) is 0.672. The van der Waals surface area contributed by atoms with E-state index in [9.17, 15) is 9.90 Å². The van der Waals surface area contributed by atoms with Crippen LogP contribution in [0, 0.1) is 0 Å². The van der Waals surface area contributed by atoms with Gasteiger partial charge in [0, 0.05) is 13.2 Å². The summed E-state index contributed by atoms with van der Waals surface area (Å²) < 4.78 is 14.5. The molecule has 0 radical (unpaired) electrons. The highest BCUT2D eigenvalue weighted by Crippen LogP contribution is 2.22. The first-order chi connectivity index (χ1) is 10.6. The fourth-order valence-electron chi connectivity index (χ4n) is 1.69. The standard InChI is InChI=1S/C12H16O5.C4H10O/c1-2-16-10-5-3-9(4-6-10)11(7-13)12(15)17-8-14;1-3-5-4-2/h3-6,8,11-13,15H,2,7H2,1H3;3-4H2,1-2H3. The van der Waals surface area contributed by atoms with E-state index < -0.39 is 12.2 Å². The Morgan fingerprint density at radius 1 is 1.09 bits per heavy atom. The van der Waals surface area contributed by atoms with Crippen LogP contribution in [0.3, 0.4) is 0 Å². The molecule has 0 aliphatic rings. The number of ether oxygens (including phenoxy) is 3. The van der Waals surface area contributed by atoms with Gasteiger partial charge in [0.15, 0.2) is 0 Å². The Labute approximate surface area is 131 Å². The zero-order valence-electron chi connectivity index (χ0n) is 13.4. The van der Waals surface area contributed by atoms with E-state index in [2.05, 4.69) is 4.74 Å². The van der Waals surface area contributed by atoms with E-state index in [-0.39, 0.29) is 13.1 Å². The van der Waals surface area contributed by atoms with E-state index in [4.69, 9.17) is 14.6 Å². The zero-order valence-corrected chi connectivity index (χ0v) is 13.4. The molecule has 0 heterocycles. The third-order valence-corrected chi connectivity index (χ3v) is 2.76. The molecule has 0 saturated carbocycles. The van der Waals surface area contributed by atoms with Gasteiger partial charge in [0.2, 0.25) is 6.29 Å². The molecule has 0 bridgehead atoms. The fraction of sp³-hybridized carbons (Fsp3) is 0.562. The molecule has 1 aromatic rings. The van der Waals surface area contributed by atoms with Gasteiger partial charge in [-0.3, -0.25) is 4.79 Å². The second-order valence-corrected chi connectivity index (χ2v) is 4.20. The summed E-state index contributed by atoms with van der Waals surface area (Å²) in [6.07, 6.45) is -1.35. The average molecular weight is 314 g/mol. The first-order valence-corrected chi connectivity index (χ1v) is 7.32. The maximum atomic E-state index is 10.1. The average Bonchev–Trinajstić information content (AvgIpc) is 2.52. The van der Waals surface area contributed by atoms with E-state index in [1.54, 1.807) is 24.3 Å². The van der Waals surface area contributed by atoms with Crippen molar-refractivity contribution in [1.82, 2.24) is 0 Å². The highest BCUT2D eigenvalue weighted by molar-refractivity contribution is 5.38. The van der Waals surface area contributed by atoms with Gasteiger partial charge in [0.05, 0.1) is 19.1 Å². The molecule has 0 aliphatic carbocycles. The first kappa shape index (κ1) is 20.4. The summed E-state index contributed by atoms with van der Waals surface area (Å²) in [7, 11) is 0. The number of carbonyl (C=O) groups excluding carboxylic acids is 1. The molecule has 22 heavy (non-hydrogen) atoms. The Bertz CT molecular complexity index is 377. The van der Waals surface area contributed by atoms with Crippen LogP contribution in [-0.2, 0) is 14.3 Å². The van der Waals surface area contributed by atoms with Crippen LogP contribution in [0.25, 0.3) is 0 Å². The summed E-state index contributed by atoms with van der Waals surface area (Å²) in [4.78, 5) is 10.1. The Kier molecular flexibility index (Phi) is 12.1. The van der Waals surface area contributed by atoms with Gasteiger partial charge in [-0.25, -0.2) is 0 Å². The quantitative estimate of drug-likeness (QED) is 0.533. The molecule has 2 N–H and O–H groups in total. The van der Waals surface area contributed by atoms with Crippen LogP contribution in [0.1, 0.15) is 32.3 Å². The largest absolute Gasteiger partial charge is 0.494 e. The third kappa shape index (κ3) is 7.97. The molecule has 0 amide bonds. The lowest BCUT2D eigenvalue weighted by atomic mass is 9.99. The molecule has 0 fully saturated rings. The van der Waals surface area contributed by atoms with Crippen LogP contribution in [-0.4, -0.2) is 49.4 Å². The van der Waals surface area contributed by atoms with Crippen LogP contribution in [0.5, 0.6) is 5.75 Å². The topological polar surface area (TPSA) is 85.2 Å². The predicted octanol–water partition coefficient (Wildman–Crippen LogP) is 1.70. The Morgan fingerprint density at radius 3 is 2.05 bits per heavy atom. The van der Waals surface area contributed by atoms with Gasteiger partial charge in [-0.1, -0.05) is 12.1 Å². The van der Waals surface area contributed by atoms with Gasteiger partial charge in [0.25, 0.3) is 6.47 Å². The smallest absolute Gasteiger partial charge is 0.295 e. The normalized spacial score (nSPS) is 12.6. The number of carbonyl (C=O) groups is 1. The molecule has 0 aromatic heterocycles. The van der Waals surface area contributed by atoms with Crippen molar-refractivity contribution in [2.45, 2.75) is 33.0 Å². The highest BCUT2D eigenvalue weighted by Gasteiger charge is 2.21. The molecule has 6 nitrogen and oxygen atoms in total. The minimum Gasteiger partial charge on any atom is -0.494 e. The molecule has 0 saturated heterocycles. The molecule has 6 heteroatoms. The summed E-state index contributed by atoms with van der Waals surface area (Å²) in [5.74, 6) is 0.0506. The van der Waals surface area contributed by atoms with E-state index in [0.717, 1.165) is 13.2 Å². The van der Waals surface area contributed by atoms with Crippen molar-refractivity contribution in [3.63, 3.8) is 0 Å². The van der Waals surface area contributed by atoms with Gasteiger partial charge in [-0.05, 0) is 38.5 Å². The molecule has 0 spiro atoms. The van der Waals surface area contributed by atoms with Crippen LogP contribution in [0.15, 0.2) is 24.3 Å². The van der Waals surface area contributed by atoms with E-state index >= 15 is 0 Å². The summed E-state index contributed by atoms with van der Waals surface area (Å²) in [5, 5.41) is 18.7. The summed E-state index contributed by atoms with van der Waals surface area (Å²) in [6, 6.07) is 6.89. The molecular weight excluding hydrogens is 288 g/mol. The molecular formula is C16H26O6. The SMILES string of the molecule is CCOCC.CCOc1ccc(C(CO)C(O)OC=O)cc1. The first-order valence-electron chi connectivity index (χ1n) is 7.32. The van der Waals surface area contributed by atoms with Crippen molar-refractivity contribution in [1.29, 1.82) is 0 Å². The van der Waals surface area contributed by atoms with Crippen LogP contribution in [0.4, 0.5) is 0 Å². The number of rotatable bonds is 9. The van der Waals surface area contributed by atoms with Crippen molar-refractivity contribution in [2.24, 2.45) is 0 Å². The Balaban J connectivity index is 0.000000763. The monoisotopic (exact) mass is 314 g/mol. The van der Waals surface area contributed by atoms with Crippen LogP contribution >= 0.6 is 0 Å². The molecule has 1 rings (SSSR count). The van der Waals surface area contributed by atoms with E-state index in [1.807, 2.05) is 20.8 Å². The van der Waals surface area contributed by atoms with E-state index in [1.165, 1.54) is 0 Å². The van der Waals surface area contributed by atoms with Crippen LogP contribution < -0.4 is 4.74 Å². The van der Waals surface area contributed by atoms with Crippen molar-refractivity contribution < 1.29 is 29.2 Å². The van der Waals surface area contributed by atoms with Gasteiger partial charge >= 0.3 is 0 Å². The van der Waals surface area contributed by atoms with Gasteiger partial charge in [-0.15, -0.1) is 0 Å². The lowest BCUT2D eigenvalue weighted by Gasteiger charge is -2.19.